The molecule has 0 fully saturated rings. The van der Waals surface area contributed by atoms with Gasteiger partial charge >= 0.3 is 0 Å². The highest BCUT2D eigenvalue weighted by Crippen LogP contribution is 1.77. The quantitative estimate of drug-likeness (QED) is 0.481. The summed E-state index contributed by atoms with van der Waals surface area (Å²) in [7, 11) is 0. The maximum absolute atomic E-state index is 10.2. The number of ketones is 1. The van der Waals surface area contributed by atoms with Gasteiger partial charge in [-0.2, -0.15) is 5.48 Å². The average Bonchev–Trinajstić information content (AvgIpc) is 1.65. The Morgan fingerprint density at radius 2 is 2.29 bits per heavy atom. The van der Waals surface area contributed by atoms with Crippen LogP contribution in [0, 0.1) is 0 Å². The van der Waals surface area contributed by atoms with Gasteiger partial charge in [0.2, 0.25) is 0 Å². The third kappa shape index (κ3) is 2.31. The highest BCUT2D eigenvalue weighted by Gasteiger charge is 2.01. The van der Waals surface area contributed by atoms with Crippen molar-refractivity contribution in [3.63, 3.8) is 0 Å². The van der Waals surface area contributed by atoms with Crippen LogP contribution in [0.15, 0.2) is 0 Å². The van der Waals surface area contributed by atoms with Crippen LogP contribution in [0.1, 0.15) is 13.8 Å². The van der Waals surface area contributed by atoms with Crippen LogP contribution in [0.4, 0.5) is 0 Å². The molecule has 0 aliphatic rings. The van der Waals surface area contributed by atoms with Crippen LogP contribution >= 0.6 is 0 Å². The predicted octanol–water partition coefficient (Wildman–Crippen LogP) is -0.0573. The number of hydrogen-bond donors (Lipinski definition) is 2. The maximum Gasteiger partial charge on any atom is 0.148 e. The van der Waals surface area contributed by atoms with Crippen LogP contribution in [0.3, 0.4) is 0 Å². The Balaban J connectivity index is 3.34. The second-order valence-electron chi connectivity index (χ2n) is 1.46. The van der Waals surface area contributed by atoms with Crippen molar-refractivity contribution in [3.05, 3.63) is 0 Å². The summed E-state index contributed by atoms with van der Waals surface area (Å²) in [6, 6.07) is -0.431. The number of nitrogens with one attached hydrogen (secondary N) is 1. The molecule has 2 N–H and O–H groups in total. The van der Waals surface area contributed by atoms with Crippen molar-refractivity contribution < 1.29 is 10.0 Å². The van der Waals surface area contributed by atoms with E-state index in [1.54, 1.807) is 6.92 Å². The first-order valence-corrected chi connectivity index (χ1v) is 2.08. The van der Waals surface area contributed by atoms with E-state index < -0.39 is 6.04 Å². The fraction of sp³-hybridized carbons (Fsp3) is 0.750. The molecule has 0 rings (SSSR count). The fourth-order valence-corrected chi connectivity index (χ4v) is 0.0909. The summed E-state index contributed by atoms with van der Waals surface area (Å²) < 4.78 is 0. The molecule has 0 aliphatic carbocycles. The van der Waals surface area contributed by atoms with Gasteiger partial charge in [-0.25, -0.2) is 0 Å². The molecule has 1 atom stereocenters. The second-order valence-corrected chi connectivity index (χ2v) is 1.46. The van der Waals surface area contributed by atoms with Gasteiger partial charge in [0.1, 0.15) is 5.78 Å². The molecule has 3 nitrogen and oxygen atoms in total. The average molecular weight is 103 g/mol. The maximum atomic E-state index is 10.2. The highest BCUT2D eigenvalue weighted by molar-refractivity contribution is 5.80. The van der Waals surface area contributed by atoms with Gasteiger partial charge in [-0.1, -0.05) is 0 Å². The Bertz CT molecular complexity index is 72.1. The molecule has 0 heterocycles. The first-order chi connectivity index (χ1) is 3.18. The summed E-state index contributed by atoms with van der Waals surface area (Å²) in [6.45, 7) is 3.00. The van der Waals surface area contributed by atoms with Gasteiger partial charge in [0, 0.05) is 0 Å². The second kappa shape index (κ2) is 2.71. The molecule has 0 aromatic rings. The SMILES string of the molecule is CC(=O)[C@H](C)NO. The van der Waals surface area contributed by atoms with E-state index in [9.17, 15) is 4.79 Å². The number of rotatable bonds is 2. The number of hydroxylamine groups is 1. The van der Waals surface area contributed by atoms with Crippen molar-refractivity contribution in [2.45, 2.75) is 19.9 Å². The predicted molar refractivity (Wildman–Crippen MR) is 25.1 cm³/mol. The summed E-state index contributed by atoms with van der Waals surface area (Å²) in [4.78, 5) is 10.2. The molecule has 0 aromatic heterocycles. The van der Waals surface area contributed by atoms with Crippen molar-refractivity contribution in [1.29, 1.82) is 0 Å². The third-order valence-corrected chi connectivity index (χ3v) is 0.803. The lowest BCUT2D eigenvalue weighted by atomic mass is 10.3. The zero-order valence-corrected chi connectivity index (χ0v) is 4.43. The molecule has 0 spiro atoms. The van der Waals surface area contributed by atoms with Gasteiger partial charge in [-0.05, 0) is 13.8 Å². The Labute approximate surface area is 42.3 Å². The van der Waals surface area contributed by atoms with E-state index in [-0.39, 0.29) is 5.78 Å². The van der Waals surface area contributed by atoms with Crippen molar-refractivity contribution in [3.8, 4) is 0 Å². The minimum Gasteiger partial charge on any atom is -0.316 e. The normalized spacial score (nSPS) is 13.6. The largest absolute Gasteiger partial charge is 0.316 e. The minimum absolute atomic E-state index is 0.0671. The van der Waals surface area contributed by atoms with E-state index in [2.05, 4.69) is 0 Å². The van der Waals surface area contributed by atoms with Crippen LogP contribution in [0.5, 0.6) is 0 Å². The molecule has 3 heteroatoms. The Morgan fingerprint density at radius 3 is 2.29 bits per heavy atom. The molecule has 0 saturated carbocycles. The highest BCUT2D eigenvalue weighted by atomic mass is 16.5. The molecule has 0 bridgehead atoms. The van der Waals surface area contributed by atoms with Gasteiger partial charge < -0.3 is 5.21 Å². The Morgan fingerprint density at radius 1 is 1.86 bits per heavy atom. The van der Waals surface area contributed by atoms with Crippen molar-refractivity contribution >= 4 is 5.78 Å². The van der Waals surface area contributed by atoms with Gasteiger partial charge in [0.25, 0.3) is 0 Å². The molecule has 0 amide bonds. The molecule has 42 valence electrons. The van der Waals surface area contributed by atoms with E-state index in [0.29, 0.717) is 0 Å². The Hall–Kier alpha value is -0.410. The lowest BCUT2D eigenvalue weighted by molar-refractivity contribution is -0.120. The summed E-state index contributed by atoms with van der Waals surface area (Å²) >= 11 is 0. The molecule has 0 aliphatic heterocycles. The van der Waals surface area contributed by atoms with Crippen molar-refractivity contribution in [2.75, 3.05) is 0 Å². The van der Waals surface area contributed by atoms with Crippen molar-refractivity contribution in [2.24, 2.45) is 0 Å². The summed E-state index contributed by atoms with van der Waals surface area (Å²) in [5.41, 5.74) is 1.81. The van der Waals surface area contributed by atoms with E-state index in [1.165, 1.54) is 6.92 Å². The van der Waals surface area contributed by atoms with Gasteiger partial charge in [-0.3, -0.25) is 4.79 Å². The Kier molecular flexibility index (Phi) is 2.55. The van der Waals surface area contributed by atoms with Crippen LogP contribution in [0.2, 0.25) is 0 Å². The van der Waals surface area contributed by atoms with E-state index in [1.807, 2.05) is 5.48 Å². The first-order valence-electron chi connectivity index (χ1n) is 2.08. The van der Waals surface area contributed by atoms with E-state index in [0.717, 1.165) is 0 Å². The lowest BCUT2D eigenvalue weighted by Crippen LogP contribution is -2.28. The summed E-state index contributed by atoms with van der Waals surface area (Å²) in [5.74, 6) is -0.0671. The summed E-state index contributed by atoms with van der Waals surface area (Å²) in [5, 5.41) is 8.03. The molecule has 0 aromatic carbocycles. The number of Topliss-reactive ketones (excluding diaryl/α,β-unsaturated/α-hetero) is 1. The van der Waals surface area contributed by atoms with Crippen LogP contribution in [0.25, 0.3) is 0 Å². The monoisotopic (exact) mass is 103 g/mol. The fourth-order valence-electron chi connectivity index (χ4n) is 0.0909. The molecule has 7 heavy (non-hydrogen) atoms. The van der Waals surface area contributed by atoms with E-state index >= 15 is 0 Å². The topological polar surface area (TPSA) is 49.3 Å². The van der Waals surface area contributed by atoms with Crippen LogP contribution in [-0.2, 0) is 4.79 Å². The van der Waals surface area contributed by atoms with Crippen LogP contribution in [-0.4, -0.2) is 17.0 Å². The number of carbonyl (C=O) groups is 1. The van der Waals surface area contributed by atoms with Crippen molar-refractivity contribution in [1.82, 2.24) is 5.48 Å². The smallest absolute Gasteiger partial charge is 0.148 e. The van der Waals surface area contributed by atoms with E-state index in [4.69, 9.17) is 5.21 Å². The zero-order valence-electron chi connectivity index (χ0n) is 4.43. The number of hydrogen-bond acceptors (Lipinski definition) is 3. The number of carbonyl (C=O) groups excluding carboxylic acids is 1. The standard InChI is InChI=1S/C4H9NO2/c1-3(5-7)4(2)6/h3,5,7H,1-2H3/t3-/m0/s1. The minimum atomic E-state index is -0.431. The van der Waals surface area contributed by atoms with Gasteiger partial charge in [0.05, 0.1) is 6.04 Å². The molecular weight excluding hydrogens is 94.0 g/mol. The lowest BCUT2D eigenvalue weighted by Gasteiger charge is -1.99. The molecule has 0 saturated heterocycles. The van der Waals surface area contributed by atoms with Gasteiger partial charge in [0.15, 0.2) is 0 Å². The molecular formula is C4H9NO2. The summed E-state index contributed by atoms with van der Waals surface area (Å²) in [6.07, 6.45) is 0. The van der Waals surface area contributed by atoms with Gasteiger partial charge in [-0.15, -0.1) is 0 Å². The molecule has 0 radical (unpaired) electrons. The first kappa shape index (κ1) is 6.59. The zero-order chi connectivity index (χ0) is 5.86. The third-order valence-electron chi connectivity index (χ3n) is 0.803. The molecule has 0 unspecified atom stereocenters. The van der Waals surface area contributed by atoms with Crippen LogP contribution < -0.4 is 5.48 Å².